The number of esters is 1. The Balaban J connectivity index is 2.13. The molecule has 1 aromatic carbocycles. The van der Waals surface area contributed by atoms with E-state index in [1.165, 1.54) is 0 Å². The number of hydrogen-bond acceptors (Lipinski definition) is 3. The third-order valence-electron chi connectivity index (χ3n) is 2.46. The van der Waals surface area contributed by atoms with Crippen LogP contribution in [0.2, 0.25) is 0 Å². The van der Waals surface area contributed by atoms with Crippen LogP contribution < -0.4 is 0 Å². The van der Waals surface area contributed by atoms with Gasteiger partial charge in [-0.05, 0) is 6.07 Å². The Kier molecular flexibility index (Phi) is 1.62. The molecule has 74 valence electrons. The highest BCUT2D eigenvalue weighted by atomic mass is 16.6. The minimum absolute atomic E-state index is 0.274. The van der Waals surface area contributed by atoms with Gasteiger partial charge in [-0.2, -0.15) is 0 Å². The first-order chi connectivity index (χ1) is 7.36. The van der Waals surface area contributed by atoms with Crippen LogP contribution in [0.5, 0.6) is 0 Å². The molecule has 1 aliphatic rings. The highest BCUT2D eigenvalue weighted by molar-refractivity contribution is 5.93. The van der Waals surface area contributed by atoms with Crippen molar-refractivity contribution in [1.82, 2.24) is 9.55 Å². The van der Waals surface area contributed by atoms with E-state index in [0.717, 1.165) is 5.56 Å². The minimum atomic E-state index is -0.365. The number of carbonyl (C=O) groups is 1. The fourth-order valence-corrected chi connectivity index (χ4v) is 1.76. The van der Waals surface area contributed by atoms with Crippen molar-refractivity contribution in [2.24, 2.45) is 0 Å². The Hall–Kier alpha value is -2.10. The number of hydrogen-bond donors (Lipinski definition) is 0. The van der Waals surface area contributed by atoms with Gasteiger partial charge in [-0.1, -0.05) is 18.2 Å². The maximum absolute atomic E-state index is 11.5. The second-order valence-corrected chi connectivity index (χ2v) is 3.35. The van der Waals surface area contributed by atoms with Crippen LogP contribution in [0.15, 0.2) is 43.0 Å². The van der Waals surface area contributed by atoms with Crippen LogP contribution in [-0.2, 0) is 4.74 Å². The first kappa shape index (κ1) is 8.23. The quantitative estimate of drug-likeness (QED) is 0.657. The van der Waals surface area contributed by atoms with Crippen LogP contribution in [0, 0.1) is 0 Å². The van der Waals surface area contributed by atoms with Crippen molar-refractivity contribution in [2.75, 3.05) is 0 Å². The van der Waals surface area contributed by atoms with Gasteiger partial charge in [-0.15, -0.1) is 0 Å². The minimum Gasteiger partial charge on any atom is -0.433 e. The number of benzene rings is 1. The maximum atomic E-state index is 11.5. The van der Waals surface area contributed by atoms with Gasteiger partial charge in [-0.25, -0.2) is 9.78 Å². The normalized spacial score (nSPS) is 18.7. The molecule has 0 radical (unpaired) electrons. The van der Waals surface area contributed by atoms with Crippen molar-refractivity contribution in [3.63, 3.8) is 0 Å². The van der Waals surface area contributed by atoms with E-state index >= 15 is 0 Å². The summed E-state index contributed by atoms with van der Waals surface area (Å²) in [5.74, 6) is -0.274. The summed E-state index contributed by atoms with van der Waals surface area (Å²) in [6.07, 6.45) is 4.71. The second kappa shape index (κ2) is 2.95. The van der Waals surface area contributed by atoms with Crippen LogP contribution >= 0.6 is 0 Å². The average Bonchev–Trinajstić information content (AvgIpc) is 2.87. The zero-order chi connectivity index (χ0) is 10.3. The molecule has 4 heteroatoms. The highest BCUT2D eigenvalue weighted by Crippen LogP contribution is 2.31. The Morgan fingerprint density at radius 1 is 1.33 bits per heavy atom. The summed E-state index contributed by atoms with van der Waals surface area (Å²) in [4.78, 5) is 15.5. The summed E-state index contributed by atoms with van der Waals surface area (Å²) >= 11 is 0. The van der Waals surface area contributed by atoms with Gasteiger partial charge in [0.15, 0.2) is 0 Å². The number of ether oxygens (including phenoxy) is 1. The number of nitrogens with zero attached hydrogens (tertiary/aromatic N) is 2. The summed E-state index contributed by atoms with van der Waals surface area (Å²) in [5.41, 5.74) is 1.52. The monoisotopic (exact) mass is 200 g/mol. The van der Waals surface area contributed by atoms with Gasteiger partial charge in [0.05, 0.1) is 11.9 Å². The summed E-state index contributed by atoms with van der Waals surface area (Å²) in [5, 5.41) is 0. The predicted octanol–water partition coefficient (Wildman–Crippen LogP) is 1.60. The molecule has 2 aromatic rings. The summed E-state index contributed by atoms with van der Waals surface area (Å²) in [6, 6.07) is 7.39. The van der Waals surface area contributed by atoms with E-state index in [4.69, 9.17) is 4.74 Å². The zero-order valence-corrected chi connectivity index (χ0v) is 7.83. The topological polar surface area (TPSA) is 44.1 Å². The van der Waals surface area contributed by atoms with Gasteiger partial charge in [0.2, 0.25) is 6.23 Å². The van der Waals surface area contributed by atoms with Gasteiger partial charge >= 0.3 is 5.97 Å². The van der Waals surface area contributed by atoms with Gasteiger partial charge in [0, 0.05) is 18.0 Å². The fraction of sp³-hybridized carbons (Fsp3) is 0.0909. The first-order valence-electron chi connectivity index (χ1n) is 4.63. The molecule has 15 heavy (non-hydrogen) atoms. The molecule has 4 nitrogen and oxygen atoms in total. The number of imidazole rings is 1. The molecule has 0 N–H and O–H groups in total. The summed E-state index contributed by atoms with van der Waals surface area (Å²) in [7, 11) is 0. The smallest absolute Gasteiger partial charge is 0.340 e. The Morgan fingerprint density at radius 2 is 2.20 bits per heavy atom. The first-order valence-corrected chi connectivity index (χ1v) is 4.63. The van der Waals surface area contributed by atoms with Crippen LogP contribution in [0.4, 0.5) is 0 Å². The van der Waals surface area contributed by atoms with Gasteiger partial charge < -0.3 is 4.74 Å². The number of aromatic nitrogens is 2. The van der Waals surface area contributed by atoms with Crippen LogP contribution in [0.1, 0.15) is 22.1 Å². The van der Waals surface area contributed by atoms with Gasteiger partial charge in [0.1, 0.15) is 0 Å². The van der Waals surface area contributed by atoms with Crippen LogP contribution in [0.25, 0.3) is 0 Å². The van der Waals surface area contributed by atoms with Gasteiger partial charge in [0.25, 0.3) is 0 Å². The molecule has 1 atom stereocenters. The largest absolute Gasteiger partial charge is 0.433 e. The summed E-state index contributed by atoms with van der Waals surface area (Å²) < 4.78 is 7.03. The van der Waals surface area contributed by atoms with Crippen molar-refractivity contribution in [2.45, 2.75) is 6.23 Å². The number of cyclic esters (lactones) is 1. The summed E-state index contributed by atoms with van der Waals surface area (Å²) in [6.45, 7) is 0. The van der Waals surface area contributed by atoms with Crippen molar-refractivity contribution in [3.8, 4) is 0 Å². The predicted molar refractivity (Wildman–Crippen MR) is 52.2 cm³/mol. The fourth-order valence-electron chi connectivity index (χ4n) is 1.76. The van der Waals surface area contributed by atoms with Crippen molar-refractivity contribution >= 4 is 5.97 Å². The van der Waals surface area contributed by atoms with E-state index < -0.39 is 0 Å². The highest BCUT2D eigenvalue weighted by Gasteiger charge is 2.31. The molecule has 3 rings (SSSR count). The van der Waals surface area contributed by atoms with Crippen molar-refractivity contribution in [3.05, 3.63) is 54.1 Å². The van der Waals surface area contributed by atoms with Crippen molar-refractivity contribution in [1.29, 1.82) is 0 Å². The molecule has 1 unspecified atom stereocenters. The molecule has 0 aliphatic carbocycles. The number of fused-ring (bicyclic) bond motifs is 1. The lowest BCUT2D eigenvalue weighted by Crippen LogP contribution is -2.07. The average molecular weight is 200 g/mol. The van der Waals surface area contributed by atoms with Crippen LogP contribution in [-0.4, -0.2) is 15.5 Å². The molecule has 0 saturated heterocycles. The molecule has 0 spiro atoms. The third kappa shape index (κ3) is 1.15. The molecular weight excluding hydrogens is 192 g/mol. The number of rotatable bonds is 1. The van der Waals surface area contributed by atoms with E-state index in [0.29, 0.717) is 5.56 Å². The molecule has 0 bridgehead atoms. The molecule has 2 heterocycles. The molecular formula is C11H8N2O2. The zero-order valence-electron chi connectivity index (χ0n) is 7.83. The SMILES string of the molecule is O=C1OC(n2ccnc2)c2ccccc21. The Morgan fingerprint density at radius 3 is 3.00 bits per heavy atom. The van der Waals surface area contributed by atoms with Gasteiger partial charge in [-0.3, -0.25) is 4.57 Å². The Labute approximate surface area is 86.1 Å². The maximum Gasteiger partial charge on any atom is 0.340 e. The molecule has 0 saturated carbocycles. The molecule has 0 fully saturated rings. The lowest BCUT2D eigenvalue weighted by molar-refractivity contribution is 0.0321. The van der Waals surface area contributed by atoms with Crippen LogP contribution in [0.3, 0.4) is 0 Å². The lowest BCUT2D eigenvalue weighted by atomic mass is 10.1. The molecule has 1 aliphatic heterocycles. The standard InChI is InChI=1S/C11H8N2O2/c14-11-9-4-2-1-3-8(9)10(15-11)13-6-5-12-7-13/h1-7,10H. The van der Waals surface area contributed by atoms with E-state index in [2.05, 4.69) is 4.98 Å². The number of carbonyl (C=O) groups excluding carboxylic acids is 1. The Bertz CT molecular complexity index is 505. The lowest BCUT2D eigenvalue weighted by Gasteiger charge is -2.11. The van der Waals surface area contributed by atoms with E-state index in [-0.39, 0.29) is 12.2 Å². The van der Waals surface area contributed by atoms with E-state index in [9.17, 15) is 4.79 Å². The third-order valence-corrected chi connectivity index (χ3v) is 2.46. The second-order valence-electron chi connectivity index (χ2n) is 3.35. The van der Waals surface area contributed by atoms with E-state index in [1.807, 2.05) is 18.2 Å². The molecule has 0 amide bonds. The molecule has 1 aromatic heterocycles. The van der Waals surface area contributed by atoms with Crippen molar-refractivity contribution < 1.29 is 9.53 Å². The van der Waals surface area contributed by atoms with E-state index in [1.54, 1.807) is 29.4 Å².